The van der Waals surface area contributed by atoms with Crippen LogP contribution in [0.3, 0.4) is 0 Å². The van der Waals surface area contributed by atoms with Gasteiger partial charge in [-0.15, -0.1) is 0 Å². The molecule has 0 saturated carbocycles. The van der Waals surface area contributed by atoms with E-state index in [9.17, 15) is 0 Å². The molecule has 1 aliphatic carbocycles. The van der Waals surface area contributed by atoms with Crippen LogP contribution in [-0.2, 0) is 0 Å². The monoisotopic (exact) mass is 237 g/mol. The predicted octanol–water partition coefficient (Wildman–Crippen LogP) is 2.68. The van der Waals surface area contributed by atoms with Gasteiger partial charge in [-0.05, 0) is 29.8 Å². The van der Waals surface area contributed by atoms with Gasteiger partial charge in [-0.3, -0.25) is 0 Å². The summed E-state index contributed by atoms with van der Waals surface area (Å²) in [6.07, 6.45) is 13.8. The fourth-order valence-corrected chi connectivity index (χ4v) is 2.08. The van der Waals surface area contributed by atoms with E-state index in [2.05, 4.69) is 51.6 Å². The molecular formula is C11H12BrN. The summed E-state index contributed by atoms with van der Waals surface area (Å²) in [6, 6.07) is 0. The summed E-state index contributed by atoms with van der Waals surface area (Å²) in [4.78, 5) is 0.499. The number of allylic oxidation sites excluding steroid dienone is 5. The second-order valence-corrected chi connectivity index (χ2v) is 4.40. The van der Waals surface area contributed by atoms with Crippen LogP contribution in [0.1, 0.15) is 6.42 Å². The molecule has 1 atom stereocenters. The molecule has 0 radical (unpaired) electrons. The standard InChI is InChI=1S/C11H12BrN/c12-11-5-1-3-9(7-11)10-4-2-6-13-8-10/h1-6,11,13H,7-8H2. The topological polar surface area (TPSA) is 12.0 Å². The second kappa shape index (κ2) is 3.97. The zero-order chi connectivity index (χ0) is 9.10. The van der Waals surface area contributed by atoms with Crippen LogP contribution in [0.25, 0.3) is 0 Å². The molecular weight excluding hydrogens is 226 g/mol. The van der Waals surface area contributed by atoms with Gasteiger partial charge in [-0.25, -0.2) is 0 Å². The van der Waals surface area contributed by atoms with E-state index in [0.29, 0.717) is 4.83 Å². The summed E-state index contributed by atoms with van der Waals surface area (Å²) < 4.78 is 0. The van der Waals surface area contributed by atoms with Crippen LogP contribution in [0.5, 0.6) is 0 Å². The van der Waals surface area contributed by atoms with Gasteiger partial charge >= 0.3 is 0 Å². The minimum atomic E-state index is 0.499. The third-order valence-electron chi connectivity index (χ3n) is 2.25. The number of nitrogens with one attached hydrogen (secondary N) is 1. The first-order valence-electron chi connectivity index (χ1n) is 4.47. The Morgan fingerprint density at radius 1 is 1.23 bits per heavy atom. The Hall–Kier alpha value is -0.760. The lowest BCUT2D eigenvalue weighted by molar-refractivity contribution is 0.890. The summed E-state index contributed by atoms with van der Waals surface area (Å²) >= 11 is 3.60. The molecule has 2 heteroatoms. The molecule has 0 saturated heterocycles. The maximum absolute atomic E-state index is 3.60. The molecule has 0 aromatic heterocycles. The summed E-state index contributed by atoms with van der Waals surface area (Å²) in [7, 11) is 0. The third-order valence-corrected chi connectivity index (χ3v) is 2.88. The SMILES string of the molecule is BrC1C=CC=C(C2=CC=CNC2)C1. The van der Waals surface area contributed by atoms with E-state index in [0.717, 1.165) is 13.0 Å². The highest BCUT2D eigenvalue weighted by Gasteiger charge is 2.11. The Labute approximate surface area is 87.0 Å². The van der Waals surface area contributed by atoms with Gasteiger partial charge < -0.3 is 5.32 Å². The van der Waals surface area contributed by atoms with E-state index >= 15 is 0 Å². The lowest BCUT2D eigenvalue weighted by Gasteiger charge is -2.18. The lowest BCUT2D eigenvalue weighted by Crippen LogP contribution is -2.15. The van der Waals surface area contributed by atoms with E-state index < -0.39 is 0 Å². The van der Waals surface area contributed by atoms with Gasteiger partial charge in [0.05, 0.1) is 0 Å². The van der Waals surface area contributed by atoms with E-state index in [1.165, 1.54) is 11.1 Å². The third kappa shape index (κ3) is 2.13. The van der Waals surface area contributed by atoms with Crippen molar-refractivity contribution in [3.05, 3.63) is 47.7 Å². The number of hydrogen-bond donors (Lipinski definition) is 1. The van der Waals surface area contributed by atoms with E-state index in [4.69, 9.17) is 0 Å². The molecule has 0 bridgehead atoms. The number of hydrogen-bond acceptors (Lipinski definition) is 1. The molecule has 1 nitrogen and oxygen atoms in total. The molecule has 0 fully saturated rings. The first kappa shape index (κ1) is 8.82. The maximum Gasteiger partial charge on any atom is 0.0398 e. The molecule has 0 aromatic carbocycles. The molecule has 0 aromatic rings. The van der Waals surface area contributed by atoms with Crippen molar-refractivity contribution in [3.8, 4) is 0 Å². The van der Waals surface area contributed by atoms with Crippen molar-refractivity contribution in [2.45, 2.75) is 11.2 Å². The summed E-state index contributed by atoms with van der Waals surface area (Å²) in [5.41, 5.74) is 2.83. The maximum atomic E-state index is 3.60. The number of rotatable bonds is 1. The highest BCUT2D eigenvalue weighted by Crippen LogP contribution is 2.25. The van der Waals surface area contributed by atoms with Crippen molar-refractivity contribution in [3.63, 3.8) is 0 Å². The second-order valence-electron chi connectivity index (χ2n) is 3.23. The Morgan fingerprint density at radius 3 is 2.77 bits per heavy atom. The largest absolute Gasteiger partial charge is 0.387 e. The van der Waals surface area contributed by atoms with Gasteiger partial charge in [0.15, 0.2) is 0 Å². The van der Waals surface area contributed by atoms with Gasteiger partial charge in [0.2, 0.25) is 0 Å². The molecule has 2 aliphatic rings. The Bertz CT molecular complexity index is 310. The fourth-order valence-electron chi connectivity index (χ4n) is 1.56. The van der Waals surface area contributed by atoms with Crippen LogP contribution in [0.2, 0.25) is 0 Å². The highest BCUT2D eigenvalue weighted by atomic mass is 79.9. The average Bonchev–Trinajstić information content (AvgIpc) is 2.19. The van der Waals surface area contributed by atoms with E-state index in [1.807, 2.05) is 6.20 Å². The van der Waals surface area contributed by atoms with Gasteiger partial charge in [-0.2, -0.15) is 0 Å². The van der Waals surface area contributed by atoms with Crippen LogP contribution in [0, 0.1) is 0 Å². The van der Waals surface area contributed by atoms with Crippen molar-refractivity contribution < 1.29 is 0 Å². The fraction of sp³-hybridized carbons (Fsp3) is 0.273. The van der Waals surface area contributed by atoms with Crippen molar-refractivity contribution in [2.75, 3.05) is 6.54 Å². The van der Waals surface area contributed by atoms with E-state index in [-0.39, 0.29) is 0 Å². The lowest BCUT2D eigenvalue weighted by atomic mass is 9.96. The van der Waals surface area contributed by atoms with Crippen LogP contribution < -0.4 is 5.32 Å². The molecule has 1 heterocycles. The molecule has 0 amide bonds. The molecule has 2 rings (SSSR count). The van der Waals surface area contributed by atoms with Crippen molar-refractivity contribution in [1.29, 1.82) is 0 Å². The first-order chi connectivity index (χ1) is 6.36. The summed E-state index contributed by atoms with van der Waals surface area (Å²) in [5.74, 6) is 0. The van der Waals surface area contributed by atoms with Crippen LogP contribution >= 0.6 is 15.9 Å². The Balaban J connectivity index is 2.16. The van der Waals surface area contributed by atoms with Crippen LogP contribution in [0.4, 0.5) is 0 Å². The van der Waals surface area contributed by atoms with Crippen molar-refractivity contribution in [2.24, 2.45) is 0 Å². The number of alkyl halides is 1. The van der Waals surface area contributed by atoms with Gasteiger partial charge in [0.1, 0.15) is 0 Å². The Morgan fingerprint density at radius 2 is 2.08 bits per heavy atom. The van der Waals surface area contributed by atoms with Crippen molar-refractivity contribution >= 4 is 15.9 Å². The average molecular weight is 238 g/mol. The first-order valence-corrected chi connectivity index (χ1v) is 5.39. The Kier molecular flexibility index (Phi) is 2.69. The minimum Gasteiger partial charge on any atom is -0.387 e. The zero-order valence-corrected chi connectivity index (χ0v) is 8.92. The zero-order valence-electron chi connectivity index (χ0n) is 7.33. The molecule has 68 valence electrons. The number of dihydropyridines is 1. The molecule has 13 heavy (non-hydrogen) atoms. The summed E-state index contributed by atoms with van der Waals surface area (Å²) in [5, 5.41) is 3.22. The summed E-state index contributed by atoms with van der Waals surface area (Å²) in [6.45, 7) is 0.954. The number of halogens is 1. The van der Waals surface area contributed by atoms with Crippen LogP contribution in [-0.4, -0.2) is 11.4 Å². The van der Waals surface area contributed by atoms with E-state index in [1.54, 1.807) is 0 Å². The highest BCUT2D eigenvalue weighted by molar-refractivity contribution is 9.09. The van der Waals surface area contributed by atoms with Crippen molar-refractivity contribution in [1.82, 2.24) is 5.32 Å². The minimum absolute atomic E-state index is 0.499. The van der Waals surface area contributed by atoms with Gasteiger partial charge in [0, 0.05) is 11.4 Å². The smallest absolute Gasteiger partial charge is 0.0398 e. The molecule has 1 aliphatic heterocycles. The van der Waals surface area contributed by atoms with Gasteiger partial charge in [-0.1, -0.05) is 40.2 Å². The normalized spacial score (nSPS) is 26.4. The quantitative estimate of drug-likeness (QED) is 0.692. The predicted molar refractivity (Wildman–Crippen MR) is 59.8 cm³/mol. The molecule has 1 N–H and O–H groups in total. The molecule has 1 unspecified atom stereocenters. The molecule has 0 spiro atoms. The van der Waals surface area contributed by atoms with Crippen LogP contribution in [0.15, 0.2) is 47.7 Å². The van der Waals surface area contributed by atoms with Gasteiger partial charge in [0.25, 0.3) is 0 Å².